The van der Waals surface area contributed by atoms with E-state index < -0.39 is 5.97 Å². The van der Waals surface area contributed by atoms with Crippen LogP contribution >= 0.6 is 0 Å². The monoisotopic (exact) mass is 270 g/mol. The lowest BCUT2D eigenvalue weighted by atomic mass is 10.1. The Morgan fingerprint density at radius 1 is 1.10 bits per heavy atom. The van der Waals surface area contributed by atoms with Gasteiger partial charge in [-0.3, -0.25) is 0 Å². The van der Waals surface area contributed by atoms with Crippen LogP contribution < -0.4 is 0 Å². The first kappa shape index (κ1) is 14.2. The minimum Gasteiger partial charge on any atom is -0.478 e. The molecule has 1 N–H and O–H groups in total. The second-order valence-electron chi connectivity index (χ2n) is 4.75. The number of aryl methyl sites for hydroxylation is 1. The third-order valence-corrected chi connectivity index (χ3v) is 3.18. The van der Waals surface area contributed by atoms with Crippen LogP contribution in [0.5, 0.6) is 0 Å². The summed E-state index contributed by atoms with van der Waals surface area (Å²) in [6.45, 7) is 2.20. The normalized spacial score (nSPS) is 10.4. The largest absolute Gasteiger partial charge is 0.478 e. The molecule has 4 nitrogen and oxygen atoms in total. The highest BCUT2D eigenvalue weighted by atomic mass is 16.4. The second-order valence-corrected chi connectivity index (χ2v) is 4.75. The van der Waals surface area contributed by atoms with Gasteiger partial charge in [0.15, 0.2) is 5.82 Å². The van der Waals surface area contributed by atoms with E-state index in [2.05, 4.69) is 29.0 Å². The van der Waals surface area contributed by atoms with Gasteiger partial charge in [-0.2, -0.15) is 0 Å². The number of rotatable bonds is 6. The van der Waals surface area contributed by atoms with Gasteiger partial charge in [-0.1, -0.05) is 44.0 Å². The summed E-state index contributed by atoms with van der Waals surface area (Å²) in [6, 6.07) is 8.13. The zero-order valence-corrected chi connectivity index (χ0v) is 11.5. The van der Waals surface area contributed by atoms with Crippen molar-refractivity contribution in [3.63, 3.8) is 0 Å². The lowest BCUT2D eigenvalue weighted by Crippen LogP contribution is -1.99. The molecule has 0 bridgehead atoms. The van der Waals surface area contributed by atoms with Crippen molar-refractivity contribution in [3.8, 4) is 11.4 Å². The fourth-order valence-corrected chi connectivity index (χ4v) is 1.99. The zero-order valence-electron chi connectivity index (χ0n) is 11.5. The van der Waals surface area contributed by atoms with Gasteiger partial charge in [-0.15, -0.1) is 0 Å². The molecule has 20 heavy (non-hydrogen) atoms. The highest BCUT2D eigenvalue weighted by molar-refractivity contribution is 5.86. The van der Waals surface area contributed by atoms with E-state index >= 15 is 0 Å². The summed E-state index contributed by atoms with van der Waals surface area (Å²) in [5.41, 5.74) is 2.32. The van der Waals surface area contributed by atoms with Crippen molar-refractivity contribution in [1.29, 1.82) is 0 Å². The fraction of sp³-hybridized carbons (Fsp3) is 0.312. The smallest absolute Gasteiger partial charge is 0.338 e. The molecule has 2 aromatic rings. The topological polar surface area (TPSA) is 63.1 Å². The molecule has 104 valence electrons. The summed E-state index contributed by atoms with van der Waals surface area (Å²) in [5.74, 6) is -0.460. The average molecular weight is 270 g/mol. The number of carbonyl (C=O) groups is 1. The molecule has 0 saturated carbocycles. The molecule has 0 amide bonds. The molecule has 0 atom stereocenters. The number of aromatic carboxylic acids is 1. The molecular formula is C16H18N2O2. The molecule has 0 aliphatic carbocycles. The Labute approximate surface area is 118 Å². The first-order chi connectivity index (χ1) is 9.70. The Morgan fingerprint density at radius 2 is 1.75 bits per heavy atom. The minimum absolute atomic E-state index is 0.102. The van der Waals surface area contributed by atoms with Crippen LogP contribution in [0.3, 0.4) is 0 Å². The van der Waals surface area contributed by atoms with Gasteiger partial charge in [0.1, 0.15) is 0 Å². The van der Waals surface area contributed by atoms with Gasteiger partial charge in [-0.25, -0.2) is 14.8 Å². The standard InChI is InChI=1S/C16H18N2O2/c1-2-3-4-5-12-6-8-13(9-7-12)15-17-10-14(11-18-15)16(19)20/h6-11H,2-5H2,1H3,(H,19,20). The molecule has 0 spiro atoms. The maximum absolute atomic E-state index is 10.7. The van der Waals surface area contributed by atoms with Crippen molar-refractivity contribution in [2.24, 2.45) is 0 Å². The van der Waals surface area contributed by atoms with Gasteiger partial charge in [0.25, 0.3) is 0 Å². The zero-order chi connectivity index (χ0) is 14.4. The number of aromatic nitrogens is 2. The number of hydrogen-bond acceptors (Lipinski definition) is 3. The number of unbranched alkanes of at least 4 members (excludes halogenated alkanes) is 2. The molecule has 0 saturated heterocycles. The summed E-state index contributed by atoms with van der Waals surface area (Å²) < 4.78 is 0. The molecule has 0 unspecified atom stereocenters. The Balaban J connectivity index is 2.07. The molecule has 0 aliphatic rings. The second kappa shape index (κ2) is 6.80. The molecule has 0 radical (unpaired) electrons. The number of benzene rings is 1. The van der Waals surface area contributed by atoms with Crippen LogP contribution in [0, 0.1) is 0 Å². The molecule has 1 heterocycles. The van der Waals surface area contributed by atoms with Gasteiger partial charge in [-0.05, 0) is 18.4 Å². The van der Waals surface area contributed by atoms with E-state index in [0.29, 0.717) is 5.82 Å². The van der Waals surface area contributed by atoms with E-state index in [1.165, 1.54) is 37.2 Å². The van der Waals surface area contributed by atoms with Crippen molar-refractivity contribution < 1.29 is 9.90 Å². The van der Waals surface area contributed by atoms with Gasteiger partial charge in [0.05, 0.1) is 5.56 Å². The van der Waals surface area contributed by atoms with Crippen molar-refractivity contribution >= 4 is 5.97 Å². The highest BCUT2D eigenvalue weighted by Crippen LogP contribution is 2.16. The van der Waals surface area contributed by atoms with Crippen molar-refractivity contribution in [1.82, 2.24) is 9.97 Å². The maximum Gasteiger partial charge on any atom is 0.338 e. The Bertz CT molecular complexity index is 562. The van der Waals surface area contributed by atoms with Gasteiger partial charge in [0.2, 0.25) is 0 Å². The van der Waals surface area contributed by atoms with Crippen LogP contribution in [0.25, 0.3) is 11.4 Å². The fourth-order valence-electron chi connectivity index (χ4n) is 1.99. The predicted molar refractivity (Wildman–Crippen MR) is 77.7 cm³/mol. The Kier molecular flexibility index (Phi) is 4.82. The predicted octanol–water partition coefficient (Wildman–Crippen LogP) is 3.57. The average Bonchev–Trinajstić information content (AvgIpc) is 2.48. The van der Waals surface area contributed by atoms with E-state index in [0.717, 1.165) is 12.0 Å². The van der Waals surface area contributed by atoms with E-state index in [-0.39, 0.29) is 5.56 Å². The Hall–Kier alpha value is -2.23. The quantitative estimate of drug-likeness (QED) is 0.815. The summed E-state index contributed by atoms with van der Waals surface area (Å²) in [7, 11) is 0. The maximum atomic E-state index is 10.7. The van der Waals surface area contributed by atoms with Crippen molar-refractivity contribution in [2.45, 2.75) is 32.6 Å². The summed E-state index contributed by atoms with van der Waals surface area (Å²) in [6.07, 6.45) is 7.44. The van der Waals surface area contributed by atoms with Crippen LogP contribution in [0.4, 0.5) is 0 Å². The summed E-state index contributed by atoms with van der Waals surface area (Å²) in [5, 5.41) is 8.81. The summed E-state index contributed by atoms with van der Waals surface area (Å²) >= 11 is 0. The van der Waals surface area contributed by atoms with Gasteiger partial charge in [0, 0.05) is 18.0 Å². The number of carboxylic acids is 1. The minimum atomic E-state index is -1.01. The first-order valence-electron chi connectivity index (χ1n) is 6.85. The first-order valence-corrected chi connectivity index (χ1v) is 6.85. The van der Waals surface area contributed by atoms with Crippen LogP contribution in [0.15, 0.2) is 36.7 Å². The van der Waals surface area contributed by atoms with Gasteiger partial charge < -0.3 is 5.11 Å². The van der Waals surface area contributed by atoms with Crippen LogP contribution in [0.1, 0.15) is 42.1 Å². The third kappa shape index (κ3) is 3.63. The van der Waals surface area contributed by atoms with Crippen LogP contribution in [-0.2, 0) is 6.42 Å². The van der Waals surface area contributed by atoms with E-state index in [4.69, 9.17) is 5.11 Å². The van der Waals surface area contributed by atoms with E-state index in [9.17, 15) is 4.79 Å². The molecule has 0 fully saturated rings. The van der Waals surface area contributed by atoms with E-state index in [1.54, 1.807) is 0 Å². The molecular weight excluding hydrogens is 252 g/mol. The van der Waals surface area contributed by atoms with Crippen molar-refractivity contribution in [2.75, 3.05) is 0 Å². The lowest BCUT2D eigenvalue weighted by Gasteiger charge is -2.03. The molecule has 4 heteroatoms. The highest BCUT2D eigenvalue weighted by Gasteiger charge is 2.05. The number of carboxylic acid groups (broad SMARTS) is 1. The van der Waals surface area contributed by atoms with Gasteiger partial charge >= 0.3 is 5.97 Å². The Morgan fingerprint density at radius 3 is 2.30 bits per heavy atom. The molecule has 2 rings (SSSR count). The van der Waals surface area contributed by atoms with Crippen LogP contribution in [0.2, 0.25) is 0 Å². The van der Waals surface area contributed by atoms with Crippen molar-refractivity contribution in [3.05, 3.63) is 47.8 Å². The molecule has 1 aromatic heterocycles. The third-order valence-electron chi connectivity index (χ3n) is 3.18. The lowest BCUT2D eigenvalue weighted by molar-refractivity contribution is 0.0696. The summed E-state index contributed by atoms with van der Waals surface area (Å²) in [4.78, 5) is 18.9. The van der Waals surface area contributed by atoms with E-state index in [1.807, 2.05) is 12.1 Å². The number of hydrogen-bond donors (Lipinski definition) is 1. The van der Waals surface area contributed by atoms with Crippen LogP contribution in [-0.4, -0.2) is 21.0 Å². The molecule has 0 aliphatic heterocycles. The SMILES string of the molecule is CCCCCc1ccc(-c2ncc(C(=O)O)cn2)cc1. The number of nitrogens with zero attached hydrogens (tertiary/aromatic N) is 2. The molecule has 1 aromatic carbocycles.